The Hall–Kier alpha value is -1.56. The molecule has 18 heavy (non-hydrogen) atoms. The minimum Gasteiger partial charge on any atom is -0.337 e. The smallest absolute Gasteiger partial charge is 0.337 e. The van der Waals surface area contributed by atoms with Crippen molar-refractivity contribution in [3.8, 4) is 0 Å². The van der Waals surface area contributed by atoms with Gasteiger partial charge in [-0.1, -0.05) is 6.07 Å². The quantitative estimate of drug-likeness (QED) is 0.836. The molecule has 0 saturated carbocycles. The van der Waals surface area contributed by atoms with Gasteiger partial charge in [-0.2, -0.15) is 13.2 Å². The summed E-state index contributed by atoms with van der Waals surface area (Å²) in [5, 5.41) is 0. The first kappa shape index (κ1) is 12.9. The molecule has 2 rings (SSSR count). The van der Waals surface area contributed by atoms with Crippen LogP contribution in [0.1, 0.15) is 22.3 Å². The third-order valence-electron chi connectivity index (χ3n) is 2.95. The molecule has 1 aliphatic rings. The zero-order valence-electron chi connectivity index (χ0n) is 9.57. The fourth-order valence-corrected chi connectivity index (χ4v) is 1.98. The first-order valence-electron chi connectivity index (χ1n) is 5.60. The molecular formula is C12H13F3N2O. The highest BCUT2D eigenvalue weighted by Gasteiger charge is 2.32. The lowest BCUT2D eigenvalue weighted by Gasteiger charge is -2.16. The number of carbonyl (C=O) groups excluding carboxylic acids is 1. The maximum absolute atomic E-state index is 12.5. The second kappa shape index (κ2) is 4.61. The Morgan fingerprint density at radius 2 is 2.11 bits per heavy atom. The van der Waals surface area contributed by atoms with Gasteiger partial charge < -0.3 is 10.6 Å². The summed E-state index contributed by atoms with van der Waals surface area (Å²) >= 11 is 0. The fourth-order valence-electron chi connectivity index (χ4n) is 1.98. The summed E-state index contributed by atoms with van der Waals surface area (Å²) in [5.74, 6) is -0.394. The molecule has 0 radical (unpaired) electrons. The van der Waals surface area contributed by atoms with E-state index in [4.69, 9.17) is 5.73 Å². The molecule has 1 aliphatic heterocycles. The van der Waals surface area contributed by atoms with Crippen molar-refractivity contribution in [3.63, 3.8) is 0 Å². The molecule has 0 aliphatic carbocycles. The second-order valence-electron chi connectivity index (χ2n) is 4.38. The number of nitrogens with zero attached hydrogens (tertiary/aromatic N) is 1. The highest BCUT2D eigenvalue weighted by atomic mass is 19.4. The molecule has 3 nitrogen and oxygen atoms in total. The van der Waals surface area contributed by atoms with E-state index in [9.17, 15) is 18.0 Å². The van der Waals surface area contributed by atoms with Crippen LogP contribution in [-0.4, -0.2) is 29.9 Å². The molecule has 1 amide bonds. The summed E-state index contributed by atoms with van der Waals surface area (Å²) in [6.07, 6.45) is -3.75. The number of carbonyl (C=O) groups is 1. The predicted octanol–water partition coefficient (Wildman–Crippen LogP) is 1.88. The molecule has 2 N–H and O–H groups in total. The number of alkyl halides is 3. The number of hydrogen-bond donors (Lipinski definition) is 1. The topological polar surface area (TPSA) is 46.3 Å². The van der Waals surface area contributed by atoms with Crippen LogP contribution < -0.4 is 5.73 Å². The lowest BCUT2D eigenvalue weighted by atomic mass is 10.1. The number of hydrogen-bond acceptors (Lipinski definition) is 2. The molecule has 1 aromatic carbocycles. The highest BCUT2D eigenvalue weighted by Crippen LogP contribution is 2.29. The highest BCUT2D eigenvalue weighted by molar-refractivity contribution is 5.94. The molecule has 0 spiro atoms. The van der Waals surface area contributed by atoms with E-state index in [1.165, 1.54) is 17.0 Å². The van der Waals surface area contributed by atoms with Gasteiger partial charge in [-0.3, -0.25) is 4.79 Å². The van der Waals surface area contributed by atoms with Crippen molar-refractivity contribution in [1.82, 2.24) is 4.90 Å². The number of nitrogens with two attached hydrogens (primary N) is 1. The van der Waals surface area contributed by atoms with Gasteiger partial charge in [0.1, 0.15) is 0 Å². The summed E-state index contributed by atoms with van der Waals surface area (Å²) in [6.45, 7) is 0.894. The van der Waals surface area contributed by atoms with Crippen molar-refractivity contribution >= 4 is 5.91 Å². The summed E-state index contributed by atoms with van der Waals surface area (Å²) < 4.78 is 37.6. The Morgan fingerprint density at radius 1 is 1.39 bits per heavy atom. The molecule has 0 aromatic heterocycles. The molecule has 0 unspecified atom stereocenters. The van der Waals surface area contributed by atoms with Gasteiger partial charge >= 0.3 is 6.18 Å². The number of amides is 1. The Labute approximate surface area is 102 Å². The van der Waals surface area contributed by atoms with Crippen LogP contribution in [0.15, 0.2) is 24.3 Å². The molecule has 1 aromatic rings. The monoisotopic (exact) mass is 258 g/mol. The van der Waals surface area contributed by atoms with Crippen molar-refractivity contribution in [2.24, 2.45) is 5.73 Å². The predicted molar refractivity (Wildman–Crippen MR) is 59.9 cm³/mol. The Kier molecular flexibility index (Phi) is 3.30. The lowest BCUT2D eigenvalue weighted by molar-refractivity contribution is -0.137. The Balaban J connectivity index is 2.21. The zero-order valence-corrected chi connectivity index (χ0v) is 9.57. The van der Waals surface area contributed by atoms with E-state index in [0.29, 0.717) is 19.5 Å². The van der Waals surface area contributed by atoms with Crippen molar-refractivity contribution in [2.75, 3.05) is 13.1 Å². The van der Waals surface area contributed by atoms with E-state index in [2.05, 4.69) is 0 Å². The summed E-state index contributed by atoms with van der Waals surface area (Å²) in [7, 11) is 0. The minimum absolute atomic E-state index is 0.0546. The van der Waals surface area contributed by atoms with Gasteiger partial charge in [0, 0.05) is 24.7 Å². The van der Waals surface area contributed by atoms with Crippen LogP contribution in [0.25, 0.3) is 0 Å². The summed E-state index contributed by atoms with van der Waals surface area (Å²) in [5.41, 5.74) is 4.91. The molecule has 0 bridgehead atoms. The normalized spacial score (nSPS) is 20.2. The van der Waals surface area contributed by atoms with Crippen molar-refractivity contribution < 1.29 is 18.0 Å². The molecule has 1 saturated heterocycles. The summed E-state index contributed by atoms with van der Waals surface area (Å²) in [4.78, 5) is 13.5. The Morgan fingerprint density at radius 3 is 2.67 bits per heavy atom. The number of likely N-dealkylation sites (tertiary alicyclic amines) is 1. The first-order valence-corrected chi connectivity index (χ1v) is 5.60. The molecule has 98 valence electrons. The standard InChI is InChI=1S/C12H13F3N2O/c13-12(14,15)9-3-1-2-8(6-9)11(18)17-5-4-10(16)7-17/h1-3,6,10H,4-5,7,16H2/t10-/m1/s1. The van der Waals surface area contributed by atoms with Crippen LogP contribution >= 0.6 is 0 Å². The zero-order chi connectivity index (χ0) is 13.3. The third kappa shape index (κ3) is 2.64. The van der Waals surface area contributed by atoms with E-state index >= 15 is 0 Å². The van der Waals surface area contributed by atoms with Crippen molar-refractivity contribution in [1.29, 1.82) is 0 Å². The number of rotatable bonds is 1. The largest absolute Gasteiger partial charge is 0.416 e. The fraction of sp³-hybridized carbons (Fsp3) is 0.417. The van der Waals surface area contributed by atoms with E-state index < -0.39 is 17.6 Å². The van der Waals surface area contributed by atoms with Crippen LogP contribution in [0.5, 0.6) is 0 Å². The molecule has 6 heteroatoms. The average molecular weight is 258 g/mol. The van der Waals surface area contributed by atoms with Gasteiger partial charge in [-0.05, 0) is 24.6 Å². The van der Waals surface area contributed by atoms with Gasteiger partial charge in [0.2, 0.25) is 0 Å². The van der Waals surface area contributed by atoms with Crippen molar-refractivity contribution in [2.45, 2.75) is 18.6 Å². The van der Waals surface area contributed by atoms with Crippen molar-refractivity contribution in [3.05, 3.63) is 35.4 Å². The second-order valence-corrected chi connectivity index (χ2v) is 4.38. The van der Waals surface area contributed by atoms with Gasteiger partial charge in [0.25, 0.3) is 5.91 Å². The number of halogens is 3. The van der Waals surface area contributed by atoms with Gasteiger partial charge in [-0.25, -0.2) is 0 Å². The maximum atomic E-state index is 12.5. The van der Waals surface area contributed by atoms with Crippen LogP contribution in [0.4, 0.5) is 13.2 Å². The molecule has 1 heterocycles. The lowest BCUT2D eigenvalue weighted by Crippen LogP contribution is -2.32. The van der Waals surface area contributed by atoms with E-state index in [1.807, 2.05) is 0 Å². The Bertz CT molecular complexity index is 459. The van der Waals surface area contributed by atoms with Crippen LogP contribution in [0.3, 0.4) is 0 Å². The first-order chi connectivity index (χ1) is 8.38. The maximum Gasteiger partial charge on any atom is 0.416 e. The average Bonchev–Trinajstić information content (AvgIpc) is 2.74. The van der Waals surface area contributed by atoms with Gasteiger partial charge in [0.05, 0.1) is 5.56 Å². The van der Waals surface area contributed by atoms with E-state index in [1.54, 1.807) is 0 Å². The summed E-state index contributed by atoms with van der Waals surface area (Å²) in [6, 6.07) is 4.38. The molecular weight excluding hydrogens is 245 g/mol. The van der Waals surface area contributed by atoms with E-state index in [0.717, 1.165) is 12.1 Å². The van der Waals surface area contributed by atoms with E-state index in [-0.39, 0.29) is 11.6 Å². The van der Waals surface area contributed by atoms with Crippen LogP contribution in [-0.2, 0) is 6.18 Å². The van der Waals surface area contributed by atoms with Gasteiger partial charge in [0.15, 0.2) is 0 Å². The third-order valence-corrected chi connectivity index (χ3v) is 2.95. The SMILES string of the molecule is N[C@@H]1CCN(C(=O)c2cccc(C(F)(F)F)c2)C1. The minimum atomic E-state index is -4.43. The van der Waals surface area contributed by atoms with Crippen LogP contribution in [0.2, 0.25) is 0 Å². The van der Waals surface area contributed by atoms with Crippen LogP contribution in [0, 0.1) is 0 Å². The van der Waals surface area contributed by atoms with Gasteiger partial charge in [-0.15, -0.1) is 0 Å². The molecule has 1 fully saturated rings. The molecule has 1 atom stereocenters. The number of benzene rings is 1.